The van der Waals surface area contributed by atoms with Crippen LogP contribution in [-0.2, 0) is 14.8 Å². The normalized spacial score (nSPS) is 17.1. The summed E-state index contributed by atoms with van der Waals surface area (Å²) in [5, 5.41) is 2.93. The third kappa shape index (κ3) is 5.42. The van der Waals surface area contributed by atoms with Crippen molar-refractivity contribution in [2.75, 3.05) is 39.3 Å². The van der Waals surface area contributed by atoms with E-state index in [-0.39, 0.29) is 10.1 Å². The molecule has 2 N–H and O–H groups in total. The minimum Gasteiger partial charge on any atom is -0.351 e. The molecule has 1 amide bonds. The maximum Gasteiger partial charge on any atom is 0.275 e. The highest BCUT2D eigenvalue weighted by molar-refractivity contribution is 7.91. The molecule has 136 valence electrons. The van der Waals surface area contributed by atoms with Gasteiger partial charge in [0.25, 0.3) is 15.9 Å². The van der Waals surface area contributed by atoms with Crippen LogP contribution in [0.3, 0.4) is 0 Å². The van der Waals surface area contributed by atoms with Gasteiger partial charge in [0.15, 0.2) is 6.54 Å². The number of piperazine rings is 1. The van der Waals surface area contributed by atoms with E-state index < -0.39 is 10.0 Å². The second-order valence-electron chi connectivity index (χ2n) is 5.95. The van der Waals surface area contributed by atoms with Crippen molar-refractivity contribution in [2.45, 2.75) is 30.4 Å². The summed E-state index contributed by atoms with van der Waals surface area (Å²) in [4.78, 5) is 13.0. The molecule has 1 aromatic rings. The molecule has 0 radical (unpaired) electrons. The standard InChI is InChI=1S/C15H24ClN3O3S2/c1-2-3-4-7-17-14(20)12-18-8-10-19(11-9-18)24(21,22)15-6-5-13(16)23-15/h5-6H,2-4,7-12H2,1H3,(H,17,20)/p+1. The Morgan fingerprint density at radius 3 is 2.62 bits per heavy atom. The number of halogens is 1. The summed E-state index contributed by atoms with van der Waals surface area (Å²) in [6.07, 6.45) is 3.26. The average Bonchev–Trinajstić information content (AvgIpc) is 2.99. The maximum absolute atomic E-state index is 12.5. The number of hydrogen-bond donors (Lipinski definition) is 2. The molecule has 0 unspecified atom stereocenters. The van der Waals surface area contributed by atoms with Gasteiger partial charge in [-0.05, 0) is 18.6 Å². The number of nitrogens with zero attached hydrogens (tertiary/aromatic N) is 1. The van der Waals surface area contributed by atoms with Crippen molar-refractivity contribution in [3.05, 3.63) is 16.5 Å². The van der Waals surface area contributed by atoms with E-state index in [1.54, 1.807) is 12.1 Å². The Balaban J connectivity index is 1.78. The van der Waals surface area contributed by atoms with Gasteiger partial charge in [-0.25, -0.2) is 8.42 Å². The Labute approximate surface area is 152 Å². The van der Waals surface area contributed by atoms with Crippen LogP contribution in [0.4, 0.5) is 0 Å². The van der Waals surface area contributed by atoms with E-state index in [1.807, 2.05) is 0 Å². The minimum absolute atomic E-state index is 0.0439. The molecule has 0 atom stereocenters. The molecule has 0 aromatic carbocycles. The summed E-state index contributed by atoms with van der Waals surface area (Å²) >= 11 is 6.91. The first-order valence-electron chi connectivity index (χ1n) is 8.29. The van der Waals surface area contributed by atoms with Crippen LogP contribution in [0.2, 0.25) is 4.34 Å². The summed E-state index contributed by atoms with van der Waals surface area (Å²) in [6, 6.07) is 3.15. The van der Waals surface area contributed by atoms with Crippen LogP contribution in [0.25, 0.3) is 0 Å². The van der Waals surface area contributed by atoms with Gasteiger partial charge in [-0.2, -0.15) is 4.31 Å². The van der Waals surface area contributed by atoms with Gasteiger partial charge in [-0.15, -0.1) is 11.3 Å². The lowest BCUT2D eigenvalue weighted by Crippen LogP contribution is -3.15. The molecule has 1 aliphatic rings. The van der Waals surface area contributed by atoms with Gasteiger partial charge in [0.2, 0.25) is 0 Å². The zero-order valence-electron chi connectivity index (χ0n) is 13.9. The van der Waals surface area contributed by atoms with Gasteiger partial charge >= 0.3 is 0 Å². The largest absolute Gasteiger partial charge is 0.351 e. The molecule has 2 rings (SSSR count). The third-order valence-electron chi connectivity index (χ3n) is 4.09. The number of carbonyl (C=O) groups is 1. The number of rotatable bonds is 8. The monoisotopic (exact) mass is 394 g/mol. The number of unbranched alkanes of at least 4 members (excludes halogenated alkanes) is 2. The molecule has 6 nitrogen and oxygen atoms in total. The fourth-order valence-corrected chi connectivity index (χ4v) is 5.75. The van der Waals surface area contributed by atoms with E-state index in [9.17, 15) is 13.2 Å². The molecule has 0 aliphatic carbocycles. The van der Waals surface area contributed by atoms with Gasteiger partial charge in [-0.1, -0.05) is 31.4 Å². The van der Waals surface area contributed by atoms with Gasteiger partial charge in [0.05, 0.1) is 30.5 Å². The first-order chi connectivity index (χ1) is 11.4. The number of amides is 1. The quantitative estimate of drug-likeness (QED) is 0.634. The van der Waals surface area contributed by atoms with Crippen molar-refractivity contribution < 1.29 is 18.1 Å². The highest BCUT2D eigenvalue weighted by Gasteiger charge is 2.31. The van der Waals surface area contributed by atoms with Crippen LogP contribution < -0.4 is 10.2 Å². The molecular weight excluding hydrogens is 370 g/mol. The number of nitrogens with one attached hydrogen (secondary N) is 2. The van der Waals surface area contributed by atoms with Crippen molar-refractivity contribution in [3.63, 3.8) is 0 Å². The molecule has 1 fully saturated rings. The minimum atomic E-state index is -3.46. The highest BCUT2D eigenvalue weighted by Crippen LogP contribution is 2.27. The average molecular weight is 395 g/mol. The van der Waals surface area contributed by atoms with Crippen LogP contribution in [0.1, 0.15) is 26.2 Å². The van der Waals surface area contributed by atoms with Crippen molar-refractivity contribution >= 4 is 38.9 Å². The van der Waals surface area contributed by atoms with E-state index in [0.29, 0.717) is 37.1 Å². The number of thiophene rings is 1. The van der Waals surface area contributed by atoms with Crippen LogP contribution in [0, 0.1) is 0 Å². The van der Waals surface area contributed by atoms with Crippen molar-refractivity contribution in [3.8, 4) is 0 Å². The first kappa shape index (κ1) is 19.7. The summed E-state index contributed by atoms with van der Waals surface area (Å²) in [5.74, 6) is 0.0439. The van der Waals surface area contributed by atoms with Crippen LogP contribution in [-0.4, -0.2) is 57.9 Å². The van der Waals surface area contributed by atoms with Crippen molar-refractivity contribution in [1.82, 2.24) is 9.62 Å². The molecule has 1 saturated heterocycles. The second kappa shape index (κ2) is 9.15. The zero-order valence-corrected chi connectivity index (χ0v) is 16.3. The van der Waals surface area contributed by atoms with Crippen molar-refractivity contribution in [1.29, 1.82) is 0 Å². The Morgan fingerprint density at radius 1 is 1.33 bits per heavy atom. The van der Waals surface area contributed by atoms with Gasteiger partial charge < -0.3 is 10.2 Å². The Kier molecular flexibility index (Phi) is 7.49. The highest BCUT2D eigenvalue weighted by atomic mass is 35.5. The fraction of sp³-hybridized carbons (Fsp3) is 0.667. The van der Waals surface area contributed by atoms with Gasteiger partial charge in [-0.3, -0.25) is 4.79 Å². The predicted molar refractivity (Wildman–Crippen MR) is 96.2 cm³/mol. The molecule has 0 spiro atoms. The molecule has 1 aromatic heterocycles. The van der Waals surface area contributed by atoms with Gasteiger partial charge in [0.1, 0.15) is 4.21 Å². The lowest BCUT2D eigenvalue weighted by atomic mass is 10.2. The number of carbonyl (C=O) groups excluding carboxylic acids is 1. The van der Waals surface area contributed by atoms with E-state index in [4.69, 9.17) is 11.6 Å². The van der Waals surface area contributed by atoms with Crippen LogP contribution in [0.15, 0.2) is 16.3 Å². The van der Waals surface area contributed by atoms with Crippen LogP contribution in [0.5, 0.6) is 0 Å². The third-order valence-corrected chi connectivity index (χ3v) is 7.68. The SMILES string of the molecule is CCCCCNC(=O)C[NH+]1CCN(S(=O)(=O)c2ccc(Cl)s2)CC1. The van der Waals surface area contributed by atoms with E-state index >= 15 is 0 Å². The molecule has 2 heterocycles. The van der Waals surface area contributed by atoms with E-state index in [0.717, 1.165) is 42.0 Å². The summed E-state index contributed by atoms with van der Waals surface area (Å²) in [6.45, 7) is 5.39. The maximum atomic E-state index is 12.5. The lowest BCUT2D eigenvalue weighted by molar-refractivity contribution is -0.895. The molecule has 9 heteroatoms. The molecule has 0 saturated carbocycles. The molecular formula is C15H25ClN3O3S2+. The summed E-state index contributed by atoms with van der Waals surface area (Å²) in [7, 11) is -3.46. The van der Waals surface area contributed by atoms with Crippen LogP contribution >= 0.6 is 22.9 Å². The van der Waals surface area contributed by atoms with Crippen molar-refractivity contribution in [2.24, 2.45) is 0 Å². The number of sulfonamides is 1. The topological polar surface area (TPSA) is 70.9 Å². The summed E-state index contributed by atoms with van der Waals surface area (Å²) in [5.41, 5.74) is 0. The molecule has 1 aliphatic heterocycles. The first-order valence-corrected chi connectivity index (χ1v) is 10.9. The fourth-order valence-electron chi connectivity index (χ4n) is 2.68. The molecule has 0 bridgehead atoms. The Bertz CT molecular complexity index is 640. The summed E-state index contributed by atoms with van der Waals surface area (Å²) < 4.78 is 27.3. The zero-order chi connectivity index (χ0) is 17.6. The number of hydrogen-bond acceptors (Lipinski definition) is 4. The second-order valence-corrected chi connectivity index (χ2v) is 9.83. The number of quaternary nitrogens is 1. The van der Waals surface area contributed by atoms with E-state index in [2.05, 4.69) is 12.2 Å². The predicted octanol–water partition coefficient (Wildman–Crippen LogP) is 0.597. The lowest BCUT2D eigenvalue weighted by Gasteiger charge is -2.30. The Morgan fingerprint density at radius 2 is 2.04 bits per heavy atom. The van der Waals surface area contributed by atoms with Gasteiger partial charge in [0, 0.05) is 6.54 Å². The van der Waals surface area contributed by atoms with E-state index in [1.165, 1.54) is 4.31 Å². The molecule has 24 heavy (non-hydrogen) atoms. The Hall–Kier alpha value is -0.670. The smallest absolute Gasteiger partial charge is 0.275 e.